The number of nitrogens with one attached hydrogen (secondary N) is 2. The number of rotatable bonds is 2. The second-order valence-corrected chi connectivity index (χ2v) is 4.38. The maximum atomic E-state index is 3.39. The third-order valence-corrected chi connectivity index (χ3v) is 3.30. The Bertz CT molecular complexity index is 546. The molecule has 0 aromatic heterocycles. The van der Waals surface area contributed by atoms with E-state index in [0.717, 1.165) is 18.7 Å². The van der Waals surface area contributed by atoms with E-state index in [1.807, 2.05) is 7.05 Å². The summed E-state index contributed by atoms with van der Waals surface area (Å²) in [4.78, 5) is 0. The quantitative estimate of drug-likeness (QED) is 0.817. The Labute approximate surface area is 102 Å². The van der Waals surface area contributed by atoms with E-state index in [4.69, 9.17) is 0 Å². The van der Waals surface area contributed by atoms with Crippen molar-refractivity contribution in [2.24, 2.45) is 0 Å². The Hall–Kier alpha value is -1.96. The first-order chi connectivity index (χ1) is 8.36. The van der Waals surface area contributed by atoms with Crippen molar-refractivity contribution in [3.8, 4) is 11.1 Å². The van der Waals surface area contributed by atoms with Gasteiger partial charge in [0.15, 0.2) is 0 Å². The summed E-state index contributed by atoms with van der Waals surface area (Å²) < 4.78 is 0. The zero-order chi connectivity index (χ0) is 11.7. The van der Waals surface area contributed by atoms with Gasteiger partial charge in [-0.25, -0.2) is 0 Å². The maximum Gasteiger partial charge on any atom is 0.0373 e. The summed E-state index contributed by atoms with van der Waals surface area (Å²) in [6.45, 7) is 1.06. The van der Waals surface area contributed by atoms with Crippen LogP contribution >= 0.6 is 0 Å². The minimum atomic E-state index is 1.06. The summed E-state index contributed by atoms with van der Waals surface area (Å²) in [5.74, 6) is 0. The molecule has 0 saturated carbocycles. The van der Waals surface area contributed by atoms with Crippen molar-refractivity contribution >= 4 is 11.4 Å². The Morgan fingerprint density at radius 2 is 1.94 bits per heavy atom. The van der Waals surface area contributed by atoms with Crippen molar-refractivity contribution in [1.29, 1.82) is 0 Å². The lowest BCUT2D eigenvalue weighted by Crippen LogP contribution is -1.90. The minimum Gasteiger partial charge on any atom is -0.388 e. The molecular formula is C15H16N2. The van der Waals surface area contributed by atoms with E-state index in [1.54, 1.807) is 0 Å². The van der Waals surface area contributed by atoms with Gasteiger partial charge >= 0.3 is 0 Å². The van der Waals surface area contributed by atoms with Gasteiger partial charge in [0.25, 0.3) is 0 Å². The van der Waals surface area contributed by atoms with Gasteiger partial charge in [-0.05, 0) is 47.4 Å². The second-order valence-electron chi connectivity index (χ2n) is 4.38. The van der Waals surface area contributed by atoms with Crippen LogP contribution in [0.3, 0.4) is 0 Å². The number of fused-ring (bicyclic) bond motifs is 1. The molecule has 1 heterocycles. The maximum absolute atomic E-state index is 3.39. The van der Waals surface area contributed by atoms with Crippen LogP contribution in [0.4, 0.5) is 11.4 Å². The summed E-state index contributed by atoms with van der Waals surface area (Å²) in [6, 6.07) is 15.2. The fourth-order valence-electron chi connectivity index (χ4n) is 2.34. The molecule has 0 atom stereocenters. The van der Waals surface area contributed by atoms with Crippen molar-refractivity contribution in [1.82, 2.24) is 0 Å². The Balaban J connectivity index is 2.03. The highest BCUT2D eigenvalue weighted by Crippen LogP contribution is 2.29. The fraction of sp³-hybridized carbons (Fsp3) is 0.200. The van der Waals surface area contributed by atoms with Crippen LogP contribution < -0.4 is 10.6 Å². The van der Waals surface area contributed by atoms with Crippen LogP contribution in [0, 0.1) is 0 Å². The van der Waals surface area contributed by atoms with Gasteiger partial charge in [-0.15, -0.1) is 0 Å². The van der Waals surface area contributed by atoms with Crippen LogP contribution in [-0.4, -0.2) is 13.6 Å². The van der Waals surface area contributed by atoms with Gasteiger partial charge in [-0.1, -0.05) is 18.2 Å². The Kier molecular flexibility index (Phi) is 2.48. The topological polar surface area (TPSA) is 24.1 Å². The van der Waals surface area contributed by atoms with Crippen LogP contribution in [0.5, 0.6) is 0 Å². The molecule has 0 radical (unpaired) electrons. The lowest BCUT2D eigenvalue weighted by molar-refractivity contribution is 1.11. The van der Waals surface area contributed by atoms with Crippen molar-refractivity contribution in [3.63, 3.8) is 0 Å². The lowest BCUT2D eigenvalue weighted by atomic mass is 10.0. The molecule has 2 N–H and O–H groups in total. The number of benzene rings is 2. The van der Waals surface area contributed by atoms with Gasteiger partial charge in [0, 0.05) is 25.0 Å². The highest BCUT2D eigenvalue weighted by molar-refractivity contribution is 5.72. The molecule has 86 valence electrons. The molecular weight excluding hydrogens is 208 g/mol. The normalized spacial score (nSPS) is 13.0. The van der Waals surface area contributed by atoms with Crippen molar-refractivity contribution in [2.75, 3.05) is 24.2 Å². The molecule has 2 aromatic rings. The average molecular weight is 224 g/mol. The molecule has 0 fully saturated rings. The molecule has 1 aliphatic rings. The molecule has 17 heavy (non-hydrogen) atoms. The van der Waals surface area contributed by atoms with E-state index < -0.39 is 0 Å². The zero-order valence-corrected chi connectivity index (χ0v) is 9.96. The summed E-state index contributed by atoms with van der Waals surface area (Å²) in [6.07, 6.45) is 1.13. The van der Waals surface area contributed by atoms with Crippen molar-refractivity contribution < 1.29 is 0 Å². The molecule has 2 nitrogen and oxygen atoms in total. The lowest BCUT2D eigenvalue weighted by Gasteiger charge is -2.07. The molecule has 0 bridgehead atoms. The molecule has 0 aliphatic carbocycles. The number of hydrogen-bond acceptors (Lipinski definition) is 2. The molecule has 0 amide bonds. The van der Waals surface area contributed by atoms with Gasteiger partial charge in [-0.2, -0.15) is 0 Å². The highest BCUT2D eigenvalue weighted by atomic mass is 14.9. The summed E-state index contributed by atoms with van der Waals surface area (Å²) in [7, 11) is 1.95. The molecule has 1 aliphatic heterocycles. The summed E-state index contributed by atoms with van der Waals surface area (Å²) in [5.41, 5.74) is 6.44. The summed E-state index contributed by atoms with van der Waals surface area (Å²) in [5, 5.41) is 6.57. The van der Waals surface area contributed by atoms with E-state index in [1.165, 1.54) is 22.4 Å². The minimum absolute atomic E-state index is 1.06. The third kappa shape index (κ3) is 1.86. The fourth-order valence-corrected chi connectivity index (χ4v) is 2.34. The highest BCUT2D eigenvalue weighted by Gasteiger charge is 2.10. The van der Waals surface area contributed by atoms with E-state index in [9.17, 15) is 0 Å². The van der Waals surface area contributed by atoms with Crippen molar-refractivity contribution in [2.45, 2.75) is 6.42 Å². The first-order valence-electron chi connectivity index (χ1n) is 6.02. The summed E-state index contributed by atoms with van der Waals surface area (Å²) >= 11 is 0. The van der Waals surface area contributed by atoms with E-state index in [2.05, 4.69) is 53.1 Å². The number of anilines is 2. The monoisotopic (exact) mass is 224 g/mol. The standard InChI is InChI=1S/C15H16N2/c1-16-14-4-2-3-11(10-14)12-5-6-15-13(9-12)7-8-17-15/h2-6,9-10,16-17H,7-8H2,1H3. The molecule has 2 aromatic carbocycles. The van der Waals surface area contributed by atoms with Gasteiger partial charge in [0.05, 0.1) is 0 Å². The molecule has 2 heteroatoms. The van der Waals surface area contributed by atoms with Gasteiger partial charge in [0.1, 0.15) is 0 Å². The van der Waals surface area contributed by atoms with Crippen LogP contribution in [0.1, 0.15) is 5.56 Å². The molecule has 3 rings (SSSR count). The van der Waals surface area contributed by atoms with Gasteiger partial charge in [0.2, 0.25) is 0 Å². The predicted octanol–water partition coefficient (Wildman–Crippen LogP) is 3.36. The van der Waals surface area contributed by atoms with Crippen molar-refractivity contribution in [3.05, 3.63) is 48.0 Å². The van der Waals surface area contributed by atoms with E-state index >= 15 is 0 Å². The van der Waals surface area contributed by atoms with E-state index in [-0.39, 0.29) is 0 Å². The largest absolute Gasteiger partial charge is 0.388 e. The van der Waals surface area contributed by atoms with Gasteiger partial charge < -0.3 is 10.6 Å². The Morgan fingerprint density at radius 3 is 2.82 bits per heavy atom. The first-order valence-corrected chi connectivity index (χ1v) is 6.02. The SMILES string of the molecule is CNc1cccc(-c2ccc3c(c2)CCN3)c1. The predicted molar refractivity (Wildman–Crippen MR) is 73.6 cm³/mol. The van der Waals surface area contributed by atoms with Crippen LogP contribution in [0.15, 0.2) is 42.5 Å². The van der Waals surface area contributed by atoms with Crippen LogP contribution in [0.25, 0.3) is 11.1 Å². The molecule has 0 spiro atoms. The van der Waals surface area contributed by atoms with Crippen LogP contribution in [-0.2, 0) is 6.42 Å². The Morgan fingerprint density at radius 1 is 1.06 bits per heavy atom. The second kappa shape index (κ2) is 4.13. The molecule has 0 saturated heterocycles. The average Bonchev–Trinajstić information content (AvgIpc) is 2.86. The zero-order valence-electron chi connectivity index (χ0n) is 9.96. The van der Waals surface area contributed by atoms with Crippen LogP contribution in [0.2, 0.25) is 0 Å². The van der Waals surface area contributed by atoms with Gasteiger partial charge in [-0.3, -0.25) is 0 Å². The third-order valence-electron chi connectivity index (χ3n) is 3.30. The molecule has 0 unspecified atom stereocenters. The number of hydrogen-bond donors (Lipinski definition) is 2. The van der Waals surface area contributed by atoms with E-state index in [0.29, 0.717) is 0 Å². The smallest absolute Gasteiger partial charge is 0.0373 e. The first kappa shape index (κ1) is 10.2.